The molecular formula is C21H24N4O3. The summed E-state index contributed by atoms with van der Waals surface area (Å²) in [5.41, 5.74) is 1.83. The predicted octanol–water partition coefficient (Wildman–Crippen LogP) is 3.03. The number of urea groups is 1. The Morgan fingerprint density at radius 3 is 2.50 bits per heavy atom. The van der Waals surface area contributed by atoms with Crippen molar-refractivity contribution in [3.05, 3.63) is 77.9 Å². The van der Waals surface area contributed by atoms with Crippen molar-refractivity contribution >= 4 is 6.03 Å². The molecule has 1 aromatic heterocycles. The first-order valence-electron chi connectivity index (χ1n) is 8.89. The van der Waals surface area contributed by atoms with Gasteiger partial charge < -0.3 is 24.7 Å². The Bertz CT molecular complexity index is 939. The fraction of sp³-hybridized carbons (Fsp3) is 0.238. The Hall–Kier alpha value is -3.48. The second-order valence-corrected chi connectivity index (χ2v) is 6.28. The fourth-order valence-corrected chi connectivity index (χ4v) is 2.92. The van der Waals surface area contributed by atoms with Crippen LogP contribution in [-0.4, -0.2) is 29.8 Å². The molecule has 0 aliphatic rings. The fourth-order valence-electron chi connectivity index (χ4n) is 2.92. The largest absolute Gasteiger partial charge is 0.497 e. The van der Waals surface area contributed by atoms with Gasteiger partial charge in [0.1, 0.15) is 23.4 Å². The number of carbonyl (C=O) groups excluding carboxylic acids is 1. The van der Waals surface area contributed by atoms with Crippen LogP contribution in [0.1, 0.15) is 23.0 Å². The average Bonchev–Trinajstić information content (AvgIpc) is 3.16. The Kier molecular flexibility index (Phi) is 6.16. The molecule has 0 aliphatic carbocycles. The summed E-state index contributed by atoms with van der Waals surface area (Å²) in [4.78, 5) is 17.0. The zero-order chi connectivity index (χ0) is 19.9. The number of methoxy groups -OCH3 is 2. The summed E-state index contributed by atoms with van der Waals surface area (Å²) in [6, 6.07) is 14.4. The first-order valence-corrected chi connectivity index (χ1v) is 8.89. The normalized spacial score (nSPS) is 11.5. The number of aromatic nitrogens is 2. The minimum Gasteiger partial charge on any atom is -0.497 e. The number of hydrogen-bond acceptors (Lipinski definition) is 4. The third-order valence-electron chi connectivity index (χ3n) is 4.41. The lowest BCUT2D eigenvalue weighted by Crippen LogP contribution is -2.38. The highest BCUT2D eigenvalue weighted by molar-refractivity contribution is 5.75. The number of nitrogens with zero attached hydrogens (tertiary/aromatic N) is 2. The van der Waals surface area contributed by atoms with Gasteiger partial charge in [-0.25, -0.2) is 9.78 Å². The summed E-state index contributed by atoms with van der Waals surface area (Å²) >= 11 is 0. The van der Waals surface area contributed by atoms with Crippen molar-refractivity contribution in [1.29, 1.82) is 0 Å². The van der Waals surface area contributed by atoms with Crippen molar-refractivity contribution in [3.63, 3.8) is 0 Å². The molecule has 1 atom stereocenters. The van der Waals surface area contributed by atoms with Gasteiger partial charge in [0, 0.05) is 26.0 Å². The van der Waals surface area contributed by atoms with Crippen LogP contribution < -0.4 is 20.1 Å². The number of aryl methyl sites for hydroxylation is 1. The van der Waals surface area contributed by atoms with Gasteiger partial charge in [-0.15, -0.1) is 0 Å². The van der Waals surface area contributed by atoms with E-state index in [0.717, 1.165) is 28.5 Å². The van der Waals surface area contributed by atoms with Crippen LogP contribution in [0.4, 0.5) is 4.79 Å². The molecule has 2 N–H and O–H groups in total. The highest BCUT2D eigenvalue weighted by Gasteiger charge is 2.21. The molecule has 0 fully saturated rings. The number of hydrogen-bond donors (Lipinski definition) is 2. The van der Waals surface area contributed by atoms with Gasteiger partial charge in [-0.3, -0.25) is 0 Å². The molecule has 0 saturated carbocycles. The van der Waals surface area contributed by atoms with Crippen LogP contribution >= 0.6 is 0 Å². The standard InChI is InChI=1S/C21H24N4O3/c1-25-11-10-22-20(25)19(16-7-5-9-18(13-16)28-3)24-21(26)23-14-15-6-4-8-17(12-15)27-2/h4-13,19H,14H2,1-3H3,(H2,23,24,26). The topological polar surface area (TPSA) is 77.4 Å². The first kappa shape index (κ1) is 19.3. The molecule has 7 nitrogen and oxygen atoms in total. The zero-order valence-corrected chi connectivity index (χ0v) is 16.2. The van der Waals surface area contributed by atoms with Crippen LogP contribution in [0, 0.1) is 0 Å². The number of ether oxygens (including phenoxy) is 2. The Morgan fingerprint density at radius 2 is 1.82 bits per heavy atom. The van der Waals surface area contributed by atoms with Crippen molar-refractivity contribution in [1.82, 2.24) is 20.2 Å². The average molecular weight is 380 g/mol. The summed E-state index contributed by atoms with van der Waals surface area (Å²) in [5.74, 6) is 2.20. The van der Waals surface area contributed by atoms with Gasteiger partial charge in [-0.1, -0.05) is 24.3 Å². The van der Waals surface area contributed by atoms with Gasteiger partial charge in [-0.2, -0.15) is 0 Å². The number of rotatable bonds is 7. The minimum atomic E-state index is -0.416. The zero-order valence-electron chi connectivity index (χ0n) is 16.2. The van der Waals surface area contributed by atoms with Crippen LogP contribution in [0.5, 0.6) is 11.5 Å². The Balaban J connectivity index is 1.75. The smallest absolute Gasteiger partial charge is 0.315 e. The van der Waals surface area contributed by atoms with Gasteiger partial charge >= 0.3 is 6.03 Å². The van der Waals surface area contributed by atoms with Crippen molar-refractivity contribution in [2.45, 2.75) is 12.6 Å². The van der Waals surface area contributed by atoms with Crippen LogP contribution in [-0.2, 0) is 13.6 Å². The third kappa shape index (κ3) is 4.62. The lowest BCUT2D eigenvalue weighted by molar-refractivity contribution is 0.237. The summed E-state index contributed by atoms with van der Waals surface area (Å²) < 4.78 is 12.4. The van der Waals surface area contributed by atoms with E-state index in [1.165, 1.54) is 0 Å². The van der Waals surface area contributed by atoms with E-state index in [1.54, 1.807) is 20.4 Å². The van der Waals surface area contributed by atoms with Crippen molar-refractivity contribution < 1.29 is 14.3 Å². The van der Waals surface area contributed by atoms with E-state index in [-0.39, 0.29) is 6.03 Å². The summed E-state index contributed by atoms with van der Waals surface area (Å²) in [6.45, 7) is 0.383. The molecule has 0 saturated heterocycles. The number of benzene rings is 2. The van der Waals surface area contributed by atoms with Crippen molar-refractivity contribution in [3.8, 4) is 11.5 Å². The highest BCUT2D eigenvalue weighted by atomic mass is 16.5. The molecule has 3 aromatic rings. The molecule has 3 rings (SSSR count). The third-order valence-corrected chi connectivity index (χ3v) is 4.41. The monoisotopic (exact) mass is 380 g/mol. The molecule has 2 aromatic carbocycles. The van der Waals surface area contributed by atoms with Gasteiger partial charge in [-0.05, 0) is 35.4 Å². The van der Waals surface area contributed by atoms with Crippen LogP contribution in [0.2, 0.25) is 0 Å². The van der Waals surface area contributed by atoms with E-state index in [1.807, 2.05) is 66.3 Å². The molecular weight excluding hydrogens is 356 g/mol. The lowest BCUT2D eigenvalue weighted by Gasteiger charge is -2.20. The number of amides is 2. The molecule has 28 heavy (non-hydrogen) atoms. The summed E-state index contributed by atoms with van der Waals surface area (Å²) in [6.07, 6.45) is 3.55. The van der Waals surface area contributed by atoms with E-state index in [9.17, 15) is 4.79 Å². The van der Waals surface area contributed by atoms with E-state index in [4.69, 9.17) is 9.47 Å². The predicted molar refractivity (Wildman–Crippen MR) is 106 cm³/mol. The first-order chi connectivity index (χ1) is 13.6. The molecule has 1 unspecified atom stereocenters. The number of nitrogens with one attached hydrogen (secondary N) is 2. The van der Waals surface area contributed by atoms with Crippen LogP contribution in [0.25, 0.3) is 0 Å². The number of imidazole rings is 1. The van der Waals surface area contributed by atoms with Gasteiger partial charge in [0.15, 0.2) is 0 Å². The van der Waals surface area contributed by atoms with E-state index >= 15 is 0 Å². The minimum absolute atomic E-state index is 0.293. The Labute approximate surface area is 164 Å². The van der Waals surface area contributed by atoms with Crippen LogP contribution in [0.15, 0.2) is 60.9 Å². The molecule has 146 valence electrons. The van der Waals surface area contributed by atoms with Crippen molar-refractivity contribution in [2.75, 3.05) is 14.2 Å². The second kappa shape index (κ2) is 8.94. The Morgan fingerprint density at radius 1 is 1.11 bits per heavy atom. The maximum Gasteiger partial charge on any atom is 0.315 e. The quantitative estimate of drug-likeness (QED) is 0.661. The molecule has 0 radical (unpaired) electrons. The molecule has 0 spiro atoms. The van der Waals surface area contributed by atoms with Gasteiger partial charge in [0.25, 0.3) is 0 Å². The van der Waals surface area contributed by atoms with E-state index in [2.05, 4.69) is 15.6 Å². The molecule has 7 heteroatoms. The van der Waals surface area contributed by atoms with Gasteiger partial charge in [0.05, 0.1) is 14.2 Å². The summed E-state index contributed by atoms with van der Waals surface area (Å²) in [7, 11) is 5.12. The van der Waals surface area contributed by atoms with Crippen LogP contribution in [0.3, 0.4) is 0 Å². The maximum atomic E-state index is 12.6. The lowest BCUT2D eigenvalue weighted by atomic mass is 10.1. The molecule has 0 aliphatic heterocycles. The van der Waals surface area contributed by atoms with E-state index < -0.39 is 6.04 Å². The number of carbonyl (C=O) groups is 1. The van der Waals surface area contributed by atoms with Crippen molar-refractivity contribution in [2.24, 2.45) is 7.05 Å². The van der Waals surface area contributed by atoms with E-state index in [0.29, 0.717) is 6.54 Å². The maximum absolute atomic E-state index is 12.6. The highest BCUT2D eigenvalue weighted by Crippen LogP contribution is 2.24. The molecule has 0 bridgehead atoms. The molecule has 1 heterocycles. The summed E-state index contributed by atoms with van der Waals surface area (Å²) in [5, 5.41) is 5.89. The SMILES string of the molecule is COc1cccc(CNC(=O)NC(c2cccc(OC)c2)c2nccn2C)c1. The van der Waals surface area contributed by atoms with Gasteiger partial charge in [0.2, 0.25) is 0 Å². The molecule has 2 amide bonds. The second-order valence-electron chi connectivity index (χ2n) is 6.28.